The zero-order valence-electron chi connectivity index (χ0n) is 9.68. The molecule has 0 amide bonds. The molecule has 0 aromatic heterocycles. The van der Waals surface area contributed by atoms with Gasteiger partial charge in [0.1, 0.15) is 5.75 Å². The van der Waals surface area contributed by atoms with Crippen LogP contribution in [-0.2, 0) is 0 Å². The lowest BCUT2D eigenvalue weighted by molar-refractivity contribution is 0.104. The van der Waals surface area contributed by atoms with Crippen LogP contribution < -0.4 is 0 Å². The number of phenols is 1. The molecular formula is C15H14O2. The average Bonchev–Trinajstić information content (AvgIpc) is 2.78. The number of benzene rings is 1. The van der Waals surface area contributed by atoms with E-state index in [2.05, 4.69) is 0 Å². The van der Waals surface area contributed by atoms with Gasteiger partial charge in [-0.15, -0.1) is 0 Å². The third-order valence-electron chi connectivity index (χ3n) is 2.67. The molecule has 0 unspecified atom stereocenters. The maximum atomic E-state index is 11.8. The van der Waals surface area contributed by atoms with Gasteiger partial charge in [-0.2, -0.15) is 0 Å². The van der Waals surface area contributed by atoms with Gasteiger partial charge in [-0.25, -0.2) is 0 Å². The maximum absolute atomic E-state index is 11.8. The number of allylic oxidation sites excluding steroid dienone is 6. The topological polar surface area (TPSA) is 37.3 Å². The van der Waals surface area contributed by atoms with Gasteiger partial charge in [0.25, 0.3) is 0 Å². The SMILES string of the molecule is Cc1ccc(C(=O)/C=C/C2=CC=CC2)c(O)c1. The van der Waals surface area contributed by atoms with Crippen LogP contribution in [0, 0.1) is 6.92 Å². The molecule has 0 radical (unpaired) electrons. The van der Waals surface area contributed by atoms with Crippen LogP contribution >= 0.6 is 0 Å². The summed E-state index contributed by atoms with van der Waals surface area (Å²) >= 11 is 0. The molecule has 0 fully saturated rings. The molecule has 1 aromatic carbocycles. The van der Waals surface area contributed by atoms with Crippen molar-refractivity contribution < 1.29 is 9.90 Å². The maximum Gasteiger partial charge on any atom is 0.189 e. The van der Waals surface area contributed by atoms with E-state index in [1.54, 1.807) is 18.2 Å². The number of carbonyl (C=O) groups is 1. The largest absolute Gasteiger partial charge is 0.507 e. The lowest BCUT2D eigenvalue weighted by Crippen LogP contribution is -1.95. The number of aromatic hydroxyl groups is 1. The van der Waals surface area contributed by atoms with E-state index in [9.17, 15) is 9.90 Å². The van der Waals surface area contributed by atoms with Gasteiger partial charge < -0.3 is 5.11 Å². The van der Waals surface area contributed by atoms with E-state index >= 15 is 0 Å². The minimum atomic E-state index is -0.171. The number of rotatable bonds is 3. The number of phenolic OH excluding ortho intramolecular Hbond substituents is 1. The molecule has 1 N–H and O–H groups in total. The van der Waals surface area contributed by atoms with Crippen molar-refractivity contribution in [2.24, 2.45) is 0 Å². The number of hydrogen-bond donors (Lipinski definition) is 1. The molecule has 2 nitrogen and oxygen atoms in total. The summed E-state index contributed by atoms with van der Waals surface area (Å²) in [5.41, 5.74) is 2.38. The molecule has 1 aliphatic rings. The van der Waals surface area contributed by atoms with Crippen LogP contribution in [0.25, 0.3) is 0 Å². The highest BCUT2D eigenvalue weighted by Gasteiger charge is 2.08. The highest BCUT2D eigenvalue weighted by Crippen LogP contribution is 2.20. The molecule has 0 atom stereocenters. The van der Waals surface area contributed by atoms with Crippen molar-refractivity contribution in [3.63, 3.8) is 0 Å². The van der Waals surface area contributed by atoms with Crippen molar-refractivity contribution in [1.82, 2.24) is 0 Å². The molecule has 1 aliphatic carbocycles. The molecule has 1 aromatic rings. The molecule has 2 rings (SSSR count). The van der Waals surface area contributed by atoms with E-state index in [-0.39, 0.29) is 11.5 Å². The van der Waals surface area contributed by atoms with E-state index in [0.29, 0.717) is 5.56 Å². The predicted molar refractivity (Wildman–Crippen MR) is 68.2 cm³/mol. The molecule has 0 saturated carbocycles. The monoisotopic (exact) mass is 226 g/mol. The summed E-state index contributed by atoms with van der Waals surface area (Å²) in [5.74, 6) is -0.131. The number of carbonyl (C=O) groups excluding carboxylic acids is 1. The fourth-order valence-corrected chi connectivity index (χ4v) is 1.71. The summed E-state index contributed by atoms with van der Waals surface area (Å²) in [6, 6.07) is 5.06. The summed E-state index contributed by atoms with van der Waals surface area (Å²) in [6.45, 7) is 1.87. The van der Waals surface area contributed by atoms with Crippen LogP contribution in [0.3, 0.4) is 0 Å². The van der Waals surface area contributed by atoms with E-state index in [0.717, 1.165) is 17.6 Å². The Morgan fingerprint density at radius 2 is 2.24 bits per heavy atom. The van der Waals surface area contributed by atoms with Crippen molar-refractivity contribution in [3.8, 4) is 5.75 Å². The zero-order valence-corrected chi connectivity index (χ0v) is 9.68. The Morgan fingerprint density at radius 3 is 2.88 bits per heavy atom. The second-order valence-electron chi connectivity index (χ2n) is 4.09. The molecular weight excluding hydrogens is 212 g/mol. The second-order valence-corrected chi connectivity index (χ2v) is 4.09. The Balaban J connectivity index is 2.14. The van der Waals surface area contributed by atoms with Gasteiger partial charge in [-0.05, 0) is 42.7 Å². The summed E-state index contributed by atoms with van der Waals surface area (Å²) in [4.78, 5) is 11.8. The number of aryl methyl sites for hydroxylation is 1. The Kier molecular flexibility index (Phi) is 3.24. The lowest BCUT2D eigenvalue weighted by atomic mass is 10.1. The molecule has 0 bridgehead atoms. The molecule has 0 saturated heterocycles. The van der Waals surface area contributed by atoms with Crippen molar-refractivity contribution in [1.29, 1.82) is 0 Å². The highest BCUT2D eigenvalue weighted by atomic mass is 16.3. The Labute approximate surface area is 101 Å². The molecule has 2 heteroatoms. The van der Waals surface area contributed by atoms with Crippen molar-refractivity contribution >= 4 is 5.78 Å². The van der Waals surface area contributed by atoms with Crippen molar-refractivity contribution in [2.75, 3.05) is 0 Å². The molecule has 0 spiro atoms. The smallest absolute Gasteiger partial charge is 0.189 e. The summed E-state index contributed by atoms with van der Waals surface area (Å²) < 4.78 is 0. The minimum Gasteiger partial charge on any atom is -0.507 e. The zero-order chi connectivity index (χ0) is 12.3. The third kappa shape index (κ3) is 2.72. The van der Waals surface area contributed by atoms with Gasteiger partial charge in [-0.1, -0.05) is 30.4 Å². The van der Waals surface area contributed by atoms with Gasteiger partial charge in [-0.3, -0.25) is 4.79 Å². The van der Waals surface area contributed by atoms with Crippen LogP contribution in [0.5, 0.6) is 5.75 Å². The van der Waals surface area contributed by atoms with Crippen LogP contribution in [0.1, 0.15) is 22.3 Å². The Morgan fingerprint density at radius 1 is 1.41 bits per heavy atom. The van der Waals surface area contributed by atoms with E-state index < -0.39 is 0 Å². The quantitative estimate of drug-likeness (QED) is 0.634. The number of ketones is 1. The average molecular weight is 226 g/mol. The minimum absolute atomic E-state index is 0.0400. The fraction of sp³-hybridized carbons (Fsp3) is 0.133. The van der Waals surface area contributed by atoms with Crippen LogP contribution in [0.15, 0.2) is 54.2 Å². The first-order chi connectivity index (χ1) is 8.16. The molecule has 86 valence electrons. The fourth-order valence-electron chi connectivity index (χ4n) is 1.71. The van der Waals surface area contributed by atoms with Gasteiger partial charge in [0.05, 0.1) is 5.56 Å². The van der Waals surface area contributed by atoms with Crippen molar-refractivity contribution in [2.45, 2.75) is 13.3 Å². The van der Waals surface area contributed by atoms with Crippen molar-refractivity contribution in [3.05, 3.63) is 65.3 Å². The van der Waals surface area contributed by atoms with E-state index in [4.69, 9.17) is 0 Å². The first-order valence-electron chi connectivity index (χ1n) is 5.54. The highest BCUT2D eigenvalue weighted by molar-refractivity contribution is 6.06. The molecule has 17 heavy (non-hydrogen) atoms. The second kappa shape index (κ2) is 4.83. The Hall–Kier alpha value is -2.09. The predicted octanol–water partition coefficient (Wildman–Crippen LogP) is 3.33. The third-order valence-corrected chi connectivity index (χ3v) is 2.67. The molecule has 0 aliphatic heterocycles. The van der Waals surface area contributed by atoms with Crippen LogP contribution in [0.2, 0.25) is 0 Å². The van der Waals surface area contributed by atoms with Gasteiger partial charge >= 0.3 is 0 Å². The van der Waals surface area contributed by atoms with E-state index in [1.807, 2.05) is 31.2 Å². The van der Waals surface area contributed by atoms with Gasteiger partial charge in [0.2, 0.25) is 0 Å². The molecule has 0 heterocycles. The first kappa shape index (κ1) is 11.4. The van der Waals surface area contributed by atoms with Gasteiger partial charge in [0.15, 0.2) is 5.78 Å². The summed E-state index contributed by atoms with van der Waals surface area (Å²) in [7, 11) is 0. The first-order valence-corrected chi connectivity index (χ1v) is 5.54. The Bertz CT molecular complexity index is 534. The normalized spacial score (nSPS) is 14.3. The summed E-state index contributed by atoms with van der Waals surface area (Å²) in [6.07, 6.45) is 10.1. The van der Waals surface area contributed by atoms with Crippen LogP contribution in [0.4, 0.5) is 0 Å². The number of hydrogen-bond acceptors (Lipinski definition) is 2. The van der Waals surface area contributed by atoms with Crippen LogP contribution in [-0.4, -0.2) is 10.9 Å². The van der Waals surface area contributed by atoms with Gasteiger partial charge in [0, 0.05) is 0 Å². The van der Waals surface area contributed by atoms with E-state index in [1.165, 1.54) is 6.08 Å². The lowest BCUT2D eigenvalue weighted by Gasteiger charge is -2.01. The summed E-state index contributed by atoms with van der Waals surface area (Å²) in [5, 5.41) is 9.67. The standard InChI is InChI=1S/C15H14O2/c1-11-6-8-13(15(17)10-11)14(16)9-7-12-4-2-3-5-12/h2-4,6-10,17H,5H2,1H3/b9-7+.